The number of aliphatic hydroxyl groups is 1. The number of nitrogens with zero attached hydrogens (tertiary/aromatic N) is 3. The van der Waals surface area contributed by atoms with Crippen molar-refractivity contribution in [3.63, 3.8) is 0 Å². The first kappa shape index (κ1) is 13.0. The van der Waals surface area contributed by atoms with E-state index >= 15 is 0 Å². The average Bonchev–Trinajstić information content (AvgIpc) is 2.51. The van der Waals surface area contributed by atoms with E-state index in [2.05, 4.69) is 4.98 Å². The number of amides is 1. The van der Waals surface area contributed by atoms with Gasteiger partial charge in [0.1, 0.15) is 6.04 Å². The van der Waals surface area contributed by atoms with Crippen molar-refractivity contribution in [2.24, 2.45) is 0 Å². The molecule has 98 valence electrons. The van der Waals surface area contributed by atoms with Crippen LogP contribution in [0.15, 0.2) is 24.5 Å². The summed E-state index contributed by atoms with van der Waals surface area (Å²) < 4.78 is 0. The highest BCUT2D eigenvalue weighted by Crippen LogP contribution is 2.13. The van der Waals surface area contributed by atoms with Gasteiger partial charge in [-0.3, -0.25) is 14.7 Å². The van der Waals surface area contributed by atoms with Gasteiger partial charge in [0.25, 0.3) is 0 Å². The maximum Gasteiger partial charge on any atom is 0.242 e. The molecule has 1 fully saturated rings. The zero-order valence-electron chi connectivity index (χ0n) is 10.6. The molecule has 0 aliphatic carbocycles. The normalized spacial score (nSPS) is 22.0. The Morgan fingerprint density at radius 1 is 1.50 bits per heavy atom. The fourth-order valence-corrected chi connectivity index (χ4v) is 2.30. The third kappa shape index (κ3) is 2.86. The largest absolute Gasteiger partial charge is 0.394 e. The molecule has 5 heteroatoms. The molecule has 1 unspecified atom stereocenters. The molecule has 1 atom stereocenters. The maximum absolute atomic E-state index is 12.1. The monoisotopic (exact) mass is 249 g/mol. The van der Waals surface area contributed by atoms with Crippen molar-refractivity contribution in [2.75, 3.05) is 26.7 Å². The molecule has 1 saturated heterocycles. The van der Waals surface area contributed by atoms with Crippen LogP contribution in [-0.4, -0.2) is 58.6 Å². The fraction of sp³-hybridized carbons (Fsp3) is 0.538. The minimum absolute atomic E-state index is 0.00103. The van der Waals surface area contributed by atoms with E-state index in [1.54, 1.807) is 24.3 Å². The summed E-state index contributed by atoms with van der Waals surface area (Å²) >= 11 is 0. The van der Waals surface area contributed by atoms with Gasteiger partial charge in [0, 0.05) is 39.1 Å². The number of rotatable bonds is 3. The number of likely N-dealkylation sites (N-methyl/N-ethyl adjacent to an activating group) is 1. The zero-order chi connectivity index (χ0) is 13.0. The molecule has 18 heavy (non-hydrogen) atoms. The van der Waals surface area contributed by atoms with E-state index in [1.165, 1.54) is 0 Å². The van der Waals surface area contributed by atoms with Gasteiger partial charge in [0.05, 0.1) is 6.61 Å². The molecule has 2 heterocycles. The van der Waals surface area contributed by atoms with Crippen LogP contribution in [0.2, 0.25) is 0 Å². The number of carbonyl (C=O) groups excluding carboxylic acids is 1. The average molecular weight is 249 g/mol. The SMILES string of the molecule is CN1CCCN(Cc2cccnc2)C(CO)C1=O. The van der Waals surface area contributed by atoms with Crippen LogP contribution in [0, 0.1) is 0 Å². The van der Waals surface area contributed by atoms with Gasteiger partial charge in [-0.1, -0.05) is 6.07 Å². The molecule has 1 aromatic rings. The Kier molecular flexibility index (Phi) is 4.28. The predicted molar refractivity (Wildman–Crippen MR) is 67.8 cm³/mol. The quantitative estimate of drug-likeness (QED) is 0.826. The van der Waals surface area contributed by atoms with Gasteiger partial charge < -0.3 is 10.0 Å². The molecule has 0 bridgehead atoms. The molecular formula is C13H19N3O2. The molecule has 0 radical (unpaired) electrons. The molecule has 1 aliphatic rings. The van der Waals surface area contributed by atoms with Crippen LogP contribution < -0.4 is 0 Å². The molecule has 1 aromatic heterocycles. The van der Waals surface area contributed by atoms with Crippen LogP contribution in [0.4, 0.5) is 0 Å². The summed E-state index contributed by atoms with van der Waals surface area (Å²) in [4.78, 5) is 19.9. The zero-order valence-corrected chi connectivity index (χ0v) is 10.6. The lowest BCUT2D eigenvalue weighted by Gasteiger charge is -2.28. The lowest BCUT2D eigenvalue weighted by Crippen LogP contribution is -2.46. The Labute approximate surface area is 107 Å². The van der Waals surface area contributed by atoms with Crippen molar-refractivity contribution in [1.82, 2.24) is 14.8 Å². The van der Waals surface area contributed by atoms with Crippen molar-refractivity contribution < 1.29 is 9.90 Å². The van der Waals surface area contributed by atoms with Crippen LogP contribution in [0.1, 0.15) is 12.0 Å². The van der Waals surface area contributed by atoms with E-state index in [1.807, 2.05) is 17.0 Å². The Balaban J connectivity index is 2.12. The number of aromatic nitrogens is 1. The predicted octanol–water partition coefficient (Wildman–Crippen LogP) is 0.107. The Hall–Kier alpha value is -1.46. The van der Waals surface area contributed by atoms with Crippen molar-refractivity contribution in [2.45, 2.75) is 19.0 Å². The van der Waals surface area contributed by atoms with E-state index in [-0.39, 0.29) is 12.5 Å². The summed E-state index contributed by atoms with van der Waals surface area (Å²) in [6, 6.07) is 3.44. The molecule has 1 aliphatic heterocycles. The summed E-state index contributed by atoms with van der Waals surface area (Å²) in [7, 11) is 1.79. The van der Waals surface area contributed by atoms with E-state index in [0.29, 0.717) is 6.54 Å². The smallest absolute Gasteiger partial charge is 0.242 e. The summed E-state index contributed by atoms with van der Waals surface area (Å²) in [5.74, 6) is -0.00103. The topological polar surface area (TPSA) is 56.7 Å². The van der Waals surface area contributed by atoms with Gasteiger partial charge in [0.15, 0.2) is 0 Å². The van der Waals surface area contributed by atoms with Gasteiger partial charge in [0.2, 0.25) is 5.91 Å². The van der Waals surface area contributed by atoms with Gasteiger partial charge in [-0.25, -0.2) is 0 Å². The van der Waals surface area contributed by atoms with E-state index in [9.17, 15) is 9.90 Å². The highest BCUT2D eigenvalue weighted by atomic mass is 16.3. The minimum atomic E-state index is -0.433. The van der Waals surface area contributed by atoms with Crippen LogP contribution in [0.5, 0.6) is 0 Å². The van der Waals surface area contributed by atoms with Crippen molar-refractivity contribution >= 4 is 5.91 Å². The standard InChI is InChI=1S/C13H19N3O2/c1-15-6-3-7-16(12(10-17)13(15)18)9-11-4-2-5-14-8-11/h2,4-5,8,12,17H,3,6-7,9-10H2,1H3. The Morgan fingerprint density at radius 2 is 2.33 bits per heavy atom. The maximum atomic E-state index is 12.1. The number of carbonyl (C=O) groups is 1. The highest BCUT2D eigenvalue weighted by molar-refractivity contribution is 5.82. The van der Waals surface area contributed by atoms with Gasteiger partial charge in [-0.05, 0) is 18.1 Å². The fourth-order valence-electron chi connectivity index (χ4n) is 2.30. The minimum Gasteiger partial charge on any atom is -0.394 e. The van der Waals surface area contributed by atoms with E-state index < -0.39 is 6.04 Å². The van der Waals surface area contributed by atoms with Crippen LogP contribution in [0.25, 0.3) is 0 Å². The molecule has 1 N–H and O–H groups in total. The Morgan fingerprint density at radius 3 is 3.00 bits per heavy atom. The number of aliphatic hydroxyl groups excluding tert-OH is 1. The highest BCUT2D eigenvalue weighted by Gasteiger charge is 2.30. The molecule has 1 amide bonds. The second kappa shape index (κ2) is 5.93. The molecule has 2 rings (SSSR count). The number of hydrogen-bond donors (Lipinski definition) is 1. The first-order valence-electron chi connectivity index (χ1n) is 6.21. The van der Waals surface area contributed by atoms with Crippen molar-refractivity contribution in [3.05, 3.63) is 30.1 Å². The molecule has 5 nitrogen and oxygen atoms in total. The van der Waals surface area contributed by atoms with Gasteiger partial charge in [-0.15, -0.1) is 0 Å². The Bertz CT molecular complexity index is 396. The van der Waals surface area contributed by atoms with Crippen LogP contribution in [0.3, 0.4) is 0 Å². The third-order valence-electron chi connectivity index (χ3n) is 3.32. The second-order valence-corrected chi connectivity index (χ2v) is 4.64. The lowest BCUT2D eigenvalue weighted by molar-refractivity contribution is -0.135. The number of pyridine rings is 1. The third-order valence-corrected chi connectivity index (χ3v) is 3.32. The van der Waals surface area contributed by atoms with Crippen LogP contribution >= 0.6 is 0 Å². The summed E-state index contributed by atoms with van der Waals surface area (Å²) in [5.41, 5.74) is 1.06. The van der Waals surface area contributed by atoms with E-state index in [4.69, 9.17) is 0 Å². The van der Waals surface area contributed by atoms with Crippen molar-refractivity contribution in [3.8, 4) is 0 Å². The number of hydrogen-bond acceptors (Lipinski definition) is 4. The lowest BCUT2D eigenvalue weighted by atomic mass is 10.2. The summed E-state index contributed by atoms with van der Waals surface area (Å²) in [5, 5.41) is 9.45. The summed E-state index contributed by atoms with van der Waals surface area (Å²) in [6.07, 6.45) is 4.46. The van der Waals surface area contributed by atoms with Gasteiger partial charge >= 0.3 is 0 Å². The van der Waals surface area contributed by atoms with E-state index in [0.717, 1.165) is 25.1 Å². The molecule has 0 spiro atoms. The second-order valence-electron chi connectivity index (χ2n) is 4.64. The molecule has 0 aromatic carbocycles. The van der Waals surface area contributed by atoms with Crippen molar-refractivity contribution in [1.29, 1.82) is 0 Å². The van der Waals surface area contributed by atoms with Gasteiger partial charge in [-0.2, -0.15) is 0 Å². The molecular weight excluding hydrogens is 230 g/mol. The first-order chi connectivity index (χ1) is 8.72. The molecule has 0 saturated carbocycles. The first-order valence-corrected chi connectivity index (χ1v) is 6.21. The summed E-state index contributed by atoms with van der Waals surface area (Å²) in [6.45, 7) is 2.08. The van der Waals surface area contributed by atoms with Crippen LogP contribution in [-0.2, 0) is 11.3 Å².